The lowest BCUT2D eigenvalue weighted by atomic mass is 9.88. The van der Waals surface area contributed by atoms with E-state index < -0.39 is 0 Å². The van der Waals surface area contributed by atoms with E-state index in [9.17, 15) is 9.90 Å². The maximum Gasteiger partial charge on any atom is 0.259 e. The molecule has 0 aromatic heterocycles. The number of aliphatic hydroxyl groups excluding tert-OH is 1. The number of benzene rings is 2. The van der Waals surface area contributed by atoms with E-state index in [0.717, 1.165) is 22.4 Å². The van der Waals surface area contributed by atoms with Gasteiger partial charge in [-0.25, -0.2) is 0 Å². The topological polar surface area (TPSA) is 58.6 Å². The number of carbonyl (C=O) groups is 1. The molecule has 4 nitrogen and oxygen atoms in total. The Hall–Kier alpha value is -3.01. The van der Waals surface area contributed by atoms with Crippen LogP contribution >= 0.6 is 0 Å². The minimum Gasteiger partial charge on any atom is -0.507 e. The smallest absolute Gasteiger partial charge is 0.259 e. The lowest BCUT2D eigenvalue weighted by Crippen LogP contribution is -2.25. The Morgan fingerprint density at radius 3 is 2.68 bits per heavy atom. The molecule has 2 aliphatic rings. The van der Waals surface area contributed by atoms with Gasteiger partial charge in [0, 0.05) is 11.3 Å². The van der Waals surface area contributed by atoms with Crippen molar-refractivity contribution in [2.75, 3.05) is 5.32 Å². The van der Waals surface area contributed by atoms with E-state index in [2.05, 4.69) is 5.32 Å². The summed E-state index contributed by atoms with van der Waals surface area (Å²) in [5, 5.41) is 13.2. The van der Waals surface area contributed by atoms with E-state index in [1.807, 2.05) is 56.3 Å². The molecule has 0 saturated heterocycles. The van der Waals surface area contributed by atoms with Crippen molar-refractivity contribution in [3.8, 4) is 5.75 Å². The molecule has 1 aliphatic carbocycles. The van der Waals surface area contributed by atoms with Gasteiger partial charge in [0.15, 0.2) is 0 Å². The van der Waals surface area contributed by atoms with Crippen molar-refractivity contribution in [3.63, 3.8) is 0 Å². The lowest BCUT2D eigenvalue weighted by Gasteiger charge is -2.20. The standard InChI is InChI=1S/C21H19NO3/c1-12-7-8-14(9-13(12)2)22-21(24)17-11-20-16(10-18(17)23)15-5-3-4-6-19(15)25-20/h3-11,16,20,23H,1-2H3,(H,22,24)/t16-,20-/m1/s1. The van der Waals surface area contributed by atoms with Crippen LogP contribution in [0.4, 0.5) is 5.69 Å². The minimum atomic E-state index is -0.338. The Morgan fingerprint density at radius 2 is 1.88 bits per heavy atom. The number of rotatable bonds is 2. The molecule has 25 heavy (non-hydrogen) atoms. The van der Waals surface area contributed by atoms with Crippen molar-refractivity contribution >= 4 is 11.6 Å². The third-order valence-corrected chi connectivity index (χ3v) is 4.85. The van der Waals surface area contributed by atoms with Crippen LogP contribution in [0.1, 0.15) is 22.6 Å². The zero-order valence-corrected chi connectivity index (χ0v) is 14.1. The predicted octanol–water partition coefficient (Wildman–Crippen LogP) is 4.17. The number of para-hydroxylation sites is 1. The highest BCUT2D eigenvalue weighted by Crippen LogP contribution is 2.42. The van der Waals surface area contributed by atoms with Crippen molar-refractivity contribution in [2.45, 2.75) is 25.9 Å². The van der Waals surface area contributed by atoms with Gasteiger partial charge in [0.1, 0.15) is 17.6 Å². The van der Waals surface area contributed by atoms with E-state index in [1.165, 1.54) is 0 Å². The summed E-state index contributed by atoms with van der Waals surface area (Å²) in [6, 6.07) is 13.5. The highest BCUT2D eigenvalue weighted by Gasteiger charge is 2.36. The largest absolute Gasteiger partial charge is 0.507 e. The van der Waals surface area contributed by atoms with Crippen molar-refractivity contribution in [1.29, 1.82) is 0 Å². The third-order valence-electron chi connectivity index (χ3n) is 4.85. The van der Waals surface area contributed by atoms with Gasteiger partial charge in [0.25, 0.3) is 5.91 Å². The van der Waals surface area contributed by atoms with Crippen LogP contribution in [0.2, 0.25) is 0 Å². The summed E-state index contributed by atoms with van der Waals surface area (Å²) in [7, 11) is 0. The van der Waals surface area contributed by atoms with Crippen LogP contribution in [0.3, 0.4) is 0 Å². The Kier molecular flexibility index (Phi) is 3.61. The van der Waals surface area contributed by atoms with E-state index >= 15 is 0 Å². The Balaban J connectivity index is 1.58. The number of amides is 1. The molecule has 0 spiro atoms. The van der Waals surface area contributed by atoms with Crippen LogP contribution in [0.15, 0.2) is 65.9 Å². The second kappa shape index (κ2) is 5.81. The molecule has 0 unspecified atom stereocenters. The Morgan fingerprint density at radius 1 is 1.08 bits per heavy atom. The monoisotopic (exact) mass is 333 g/mol. The molecule has 1 amide bonds. The summed E-state index contributed by atoms with van der Waals surface area (Å²) < 4.78 is 5.91. The first kappa shape index (κ1) is 15.5. The molecule has 126 valence electrons. The second-order valence-corrected chi connectivity index (χ2v) is 6.53. The van der Waals surface area contributed by atoms with E-state index in [-0.39, 0.29) is 29.3 Å². The van der Waals surface area contributed by atoms with Gasteiger partial charge in [0.2, 0.25) is 0 Å². The van der Waals surface area contributed by atoms with Crippen molar-refractivity contribution in [1.82, 2.24) is 0 Å². The minimum absolute atomic E-state index is 0.0112. The van der Waals surface area contributed by atoms with Crippen LogP contribution in [0, 0.1) is 13.8 Å². The first-order valence-corrected chi connectivity index (χ1v) is 8.30. The SMILES string of the molecule is Cc1ccc(NC(=O)C2=C[C@H]3Oc4ccccc4[C@H]3C=C2O)cc1C. The summed E-state index contributed by atoms with van der Waals surface area (Å²) in [5.74, 6) is 0.390. The number of hydrogen-bond donors (Lipinski definition) is 2. The van der Waals surface area contributed by atoms with Crippen LogP contribution in [-0.2, 0) is 4.79 Å². The fraction of sp³-hybridized carbons (Fsp3) is 0.190. The number of fused-ring (bicyclic) bond motifs is 3. The Bertz CT molecular complexity index is 926. The number of hydrogen-bond acceptors (Lipinski definition) is 3. The van der Waals surface area contributed by atoms with Gasteiger partial charge in [-0.3, -0.25) is 4.79 Å². The van der Waals surface area contributed by atoms with E-state index in [0.29, 0.717) is 5.69 Å². The summed E-state index contributed by atoms with van der Waals surface area (Å²) in [5.41, 5.74) is 4.25. The van der Waals surface area contributed by atoms with Gasteiger partial charge in [0.05, 0.1) is 11.5 Å². The highest BCUT2D eigenvalue weighted by molar-refractivity contribution is 6.06. The average molecular weight is 333 g/mol. The van der Waals surface area contributed by atoms with Crippen LogP contribution < -0.4 is 10.1 Å². The molecule has 2 aromatic carbocycles. The normalized spacial score (nSPS) is 20.7. The summed E-state index contributed by atoms with van der Waals surface area (Å²) in [4.78, 5) is 12.6. The number of aliphatic hydroxyl groups is 1. The predicted molar refractivity (Wildman–Crippen MR) is 96.9 cm³/mol. The molecule has 2 aromatic rings. The summed E-state index contributed by atoms with van der Waals surface area (Å²) in [6.07, 6.45) is 3.14. The fourth-order valence-corrected chi connectivity index (χ4v) is 3.30. The molecule has 2 N–H and O–H groups in total. The van der Waals surface area contributed by atoms with Crippen molar-refractivity contribution in [3.05, 3.63) is 82.6 Å². The third kappa shape index (κ3) is 2.70. The van der Waals surface area contributed by atoms with Crippen molar-refractivity contribution in [2.24, 2.45) is 0 Å². The molecular formula is C21H19NO3. The van der Waals surface area contributed by atoms with Gasteiger partial charge >= 0.3 is 0 Å². The van der Waals surface area contributed by atoms with Crippen LogP contribution in [0.5, 0.6) is 5.75 Å². The summed E-state index contributed by atoms with van der Waals surface area (Å²) in [6.45, 7) is 4.02. The highest BCUT2D eigenvalue weighted by atomic mass is 16.5. The maximum atomic E-state index is 12.6. The number of carbonyl (C=O) groups excluding carboxylic acids is 1. The van der Waals surface area contributed by atoms with Gasteiger partial charge in [-0.1, -0.05) is 24.3 Å². The second-order valence-electron chi connectivity index (χ2n) is 6.53. The molecule has 0 fully saturated rings. The maximum absolute atomic E-state index is 12.6. The Labute approximate surface area is 146 Å². The number of anilines is 1. The quantitative estimate of drug-likeness (QED) is 0.867. The number of ether oxygens (including phenoxy) is 1. The molecule has 0 radical (unpaired) electrons. The zero-order valence-electron chi connectivity index (χ0n) is 14.1. The van der Waals surface area contributed by atoms with Crippen molar-refractivity contribution < 1.29 is 14.6 Å². The fourth-order valence-electron chi connectivity index (χ4n) is 3.30. The molecule has 2 atom stereocenters. The van der Waals surface area contributed by atoms with Gasteiger partial charge in [-0.05, 0) is 55.3 Å². The molecule has 0 saturated carbocycles. The zero-order chi connectivity index (χ0) is 17.6. The lowest BCUT2D eigenvalue weighted by molar-refractivity contribution is -0.112. The van der Waals surface area contributed by atoms with E-state index in [4.69, 9.17) is 4.74 Å². The number of nitrogens with one attached hydrogen (secondary N) is 1. The van der Waals surface area contributed by atoms with Gasteiger partial charge in [-0.15, -0.1) is 0 Å². The van der Waals surface area contributed by atoms with Gasteiger partial charge < -0.3 is 15.2 Å². The molecule has 4 heteroatoms. The van der Waals surface area contributed by atoms with Crippen LogP contribution in [0.25, 0.3) is 0 Å². The molecule has 4 rings (SSSR count). The van der Waals surface area contributed by atoms with Crippen LogP contribution in [-0.4, -0.2) is 17.1 Å². The number of aryl methyl sites for hydroxylation is 2. The molecule has 1 heterocycles. The molecule has 0 bridgehead atoms. The molecule has 1 aliphatic heterocycles. The average Bonchev–Trinajstić information content (AvgIpc) is 2.95. The first-order valence-electron chi connectivity index (χ1n) is 8.30. The van der Waals surface area contributed by atoms with Gasteiger partial charge in [-0.2, -0.15) is 0 Å². The van der Waals surface area contributed by atoms with E-state index in [1.54, 1.807) is 12.2 Å². The summed E-state index contributed by atoms with van der Waals surface area (Å²) >= 11 is 0. The first-order chi connectivity index (χ1) is 12.0. The molecular weight excluding hydrogens is 314 g/mol.